The number of hydrogen-bond donors (Lipinski definition) is 2. The van der Waals surface area contributed by atoms with E-state index in [0.29, 0.717) is 23.7 Å². The molecule has 4 rings (SSSR count). The minimum atomic E-state index is -0.382. The van der Waals surface area contributed by atoms with Gasteiger partial charge in [0.15, 0.2) is 5.78 Å². The first kappa shape index (κ1) is 18.2. The summed E-state index contributed by atoms with van der Waals surface area (Å²) in [5, 5.41) is 20.8. The van der Waals surface area contributed by atoms with Gasteiger partial charge in [-0.05, 0) is 60.5 Å². The maximum Gasteiger partial charge on any atom is 0.178 e. The van der Waals surface area contributed by atoms with Crippen LogP contribution in [0, 0.1) is 40.4 Å². The first-order valence-electron chi connectivity index (χ1n) is 10.2. The molecule has 0 unspecified atom stereocenters. The van der Waals surface area contributed by atoms with Crippen LogP contribution < -0.4 is 0 Å². The molecule has 0 spiro atoms. The fraction of sp³-hybridized carbons (Fsp3) is 0.696. The van der Waals surface area contributed by atoms with Crippen molar-refractivity contribution in [3.05, 3.63) is 35.5 Å². The van der Waals surface area contributed by atoms with E-state index in [2.05, 4.69) is 33.8 Å². The number of hydrogen-bond acceptors (Lipinski definition) is 3. The molecule has 3 nitrogen and oxygen atoms in total. The Morgan fingerprint density at radius 1 is 1.23 bits per heavy atom. The summed E-state index contributed by atoms with van der Waals surface area (Å²) in [6, 6.07) is 0. The summed E-state index contributed by atoms with van der Waals surface area (Å²) in [5.74, 6) is 2.08. The van der Waals surface area contributed by atoms with Crippen LogP contribution in [0.2, 0.25) is 0 Å². The predicted molar refractivity (Wildman–Crippen MR) is 102 cm³/mol. The summed E-state index contributed by atoms with van der Waals surface area (Å²) in [4.78, 5) is 12.0. The lowest BCUT2D eigenvalue weighted by Gasteiger charge is -2.59. The summed E-state index contributed by atoms with van der Waals surface area (Å²) in [5.41, 5.74) is 2.32. The molecule has 8 atom stereocenters. The van der Waals surface area contributed by atoms with Gasteiger partial charge in [0.1, 0.15) is 0 Å². The van der Waals surface area contributed by atoms with Crippen LogP contribution in [0.15, 0.2) is 35.5 Å². The Balaban J connectivity index is 1.79. The van der Waals surface area contributed by atoms with Gasteiger partial charge >= 0.3 is 0 Å². The quantitative estimate of drug-likeness (QED) is 0.705. The zero-order chi connectivity index (χ0) is 18.9. The molecule has 0 radical (unpaired) electrons. The van der Waals surface area contributed by atoms with Crippen LogP contribution in [0.4, 0.5) is 0 Å². The molecule has 0 aliphatic heterocycles. The molecular weight excluding hydrogens is 324 g/mol. The average molecular weight is 357 g/mol. The summed E-state index contributed by atoms with van der Waals surface area (Å²) in [6.07, 6.45) is 10.2. The zero-order valence-corrected chi connectivity index (χ0v) is 16.4. The number of aliphatic hydroxyl groups is 2. The van der Waals surface area contributed by atoms with Crippen molar-refractivity contribution in [1.82, 2.24) is 0 Å². The third-order valence-corrected chi connectivity index (χ3v) is 8.32. The molecule has 4 aliphatic rings. The molecule has 0 amide bonds. The fourth-order valence-electron chi connectivity index (χ4n) is 7.47. The smallest absolute Gasteiger partial charge is 0.178 e. The van der Waals surface area contributed by atoms with Crippen molar-refractivity contribution in [2.75, 3.05) is 6.61 Å². The molecule has 0 heterocycles. The molecule has 2 N–H and O–H groups in total. The van der Waals surface area contributed by atoms with Crippen LogP contribution in [-0.4, -0.2) is 28.7 Å². The van der Waals surface area contributed by atoms with Gasteiger partial charge in [0, 0.05) is 11.3 Å². The second-order valence-electron chi connectivity index (χ2n) is 9.72. The maximum absolute atomic E-state index is 12.0. The van der Waals surface area contributed by atoms with Gasteiger partial charge in [0.2, 0.25) is 0 Å². The molecule has 0 aromatic heterocycles. The Morgan fingerprint density at radius 2 is 1.96 bits per heavy atom. The van der Waals surface area contributed by atoms with E-state index in [0.717, 1.165) is 19.3 Å². The van der Waals surface area contributed by atoms with E-state index in [1.54, 1.807) is 6.08 Å². The second kappa shape index (κ2) is 5.90. The van der Waals surface area contributed by atoms with Crippen molar-refractivity contribution in [1.29, 1.82) is 0 Å². The SMILES string of the molecule is C[C@@H]1C[C@H]2[C@@H]3C[C@H](C)C4=CC(=O)C=C[C@]4(C)[C@H]3[C@@H](O)C[C@]2(C)C1=CCO. The number of ketones is 1. The maximum atomic E-state index is 12.0. The predicted octanol–water partition coefficient (Wildman–Crippen LogP) is 3.68. The van der Waals surface area contributed by atoms with Gasteiger partial charge in [-0.2, -0.15) is 0 Å². The Hall–Kier alpha value is -1.19. The molecule has 142 valence electrons. The number of carbonyl (C=O) groups is 1. The number of rotatable bonds is 1. The Kier molecular flexibility index (Phi) is 4.13. The highest BCUT2D eigenvalue weighted by Crippen LogP contribution is 2.67. The van der Waals surface area contributed by atoms with Crippen LogP contribution in [0.5, 0.6) is 0 Å². The van der Waals surface area contributed by atoms with E-state index >= 15 is 0 Å². The summed E-state index contributed by atoms with van der Waals surface area (Å²) in [7, 11) is 0. The van der Waals surface area contributed by atoms with Crippen molar-refractivity contribution >= 4 is 5.78 Å². The third-order valence-electron chi connectivity index (χ3n) is 8.32. The summed E-state index contributed by atoms with van der Waals surface area (Å²) in [6.45, 7) is 9.13. The second-order valence-corrected chi connectivity index (χ2v) is 9.72. The number of fused-ring (bicyclic) bond motifs is 5. The molecule has 0 saturated heterocycles. The minimum Gasteiger partial charge on any atom is -0.393 e. The standard InChI is InChI=1S/C23H32O3/c1-13-9-16-19-10-14(2)17(6-8-24)23(19,4)12-20(26)21(16)22(3)7-5-15(25)11-18(13)22/h5-7,11,13-14,16,19-21,24,26H,8-10,12H2,1-4H3/t13-,14+,16-,19-,20-,21+,22-,23+/m0/s1. The molecule has 0 aromatic carbocycles. The molecule has 4 aliphatic carbocycles. The molecule has 26 heavy (non-hydrogen) atoms. The molecule has 3 fully saturated rings. The summed E-state index contributed by atoms with van der Waals surface area (Å²) < 4.78 is 0. The minimum absolute atomic E-state index is 0.0196. The van der Waals surface area contributed by atoms with Crippen LogP contribution in [0.25, 0.3) is 0 Å². The van der Waals surface area contributed by atoms with Gasteiger partial charge in [-0.25, -0.2) is 0 Å². The first-order chi connectivity index (χ1) is 12.2. The Bertz CT molecular complexity index is 717. The van der Waals surface area contributed by atoms with E-state index in [1.807, 2.05) is 12.2 Å². The van der Waals surface area contributed by atoms with Crippen LogP contribution in [0.3, 0.4) is 0 Å². The lowest BCUT2D eigenvalue weighted by atomic mass is 9.46. The van der Waals surface area contributed by atoms with Crippen LogP contribution in [0.1, 0.15) is 47.0 Å². The largest absolute Gasteiger partial charge is 0.393 e. The van der Waals surface area contributed by atoms with Gasteiger partial charge in [-0.1, -0.05) is 51.0 Å². The fourth-order valence-corrected chi connectivity index (χ4v) is 7.47. The lowest BCUT2D eigenvalue weighted by Crippen LogP contribution is -2.56. The zero-order valence-electron chi connectivity index (χ0n) is 16.4. The normalized spacial score (nSPS) is 51.7. The van der Waals surface area contributed by atoms with Gasteiger partial charge < -0.3 is 10.2 Å². The van der Waals surface area contributed by atoms with Crippen LogP contribution in [-0.2, 0) is 4.79 Å². The van der Waals surface area contributed by atoms with Gasteiger partial charge in [0.25, 0.3) is 0 Å². The van der Waals surface area contributed by atoms with Crippen molar-refractivity contribution in [3.63, 3.8) is 0 Å². The van der Waals surface area contributed by atoms with Gasteiger partial charge in [-0.3, -0.25) is 4.79 Å². The van der Waals surface area contributed by atoms with E-state index in [9.17, 15) is 15.0 Å². The highest BCUT2D eigenvalue weighted by Gasteiger charge is 2.62. The highest BCUT2D eigenvalue weighted by atomic mass is 16.3. The summed E-state index contributed by atoms with van der Waals surface area (Å²) >= 11 is 0. The lowest BCUT2D eigenvalue weighted by molar-refractivity contribution is -0.113. The number of allylic oxidation sites excluding steroid dienone is 5. The first-order valence-corrected chi connectivity index (χ1v) is 10.2. The van der Waals surface area contributed by atoms with E-state index in [4.69, 9.17) is 0 Å². The monoisotopic (exact) mass is 356 g/mol. The Morgan fingerprint density at radius 3 is 2.65 bits per heavy atom. The van der Waals surface area contributed by atoms with E-state index in [1.165, 1.54) is 11.1 Å². The Labute approximate surface area is 156 Å². The number of aliphatic hydroxyl groups excluding tert-OH is 2. The van der Waals surface area contributed by atoms with E-state index in [-0.39, 0.29) is 35.2 Å². The van der Waals surface area contributed by atoms with Crippen molar-refractivity contribution in [2.24, 2.45) is 40.4 Å². The van der Waals surface area contributed by atoms with E-state index < -0.39 is 0 Å². The molecule has 0 bridgehead atoms. The molecular formula is C23H32O3. The molecule has 0 aromatic rings. The average Bonchev–Trinajstić information content (AvgIpc) is 2.81. The molecule has 3 saturated carbocycles. The van der Waals surface area contributed by atoms with Gasteiger partial charge in [0.05, 0.1) is 12.7 Å². The van der Waals surface area contributed by atoms with Crippen molar-refractivity contribution < 1.29 is 15.0 Å². The molecule has 3 heteroatoms. The topological polar surface area (TPSA) is 57.5 Å². The van der Waals surface area contributed by atoms with Crippen molar-refractivity contribution in [3.8, 4) is 0 Å². The third kappa shape index (κ3) is 2.29. The number of carbonyl (C=O) groups excluding carboxylic acids is 1. The van der Waals surface area contributed by atoms with Crippen molar-refractivity contribution in [2.45, 2.75) is 53.1 Å². The van der Waals surface area contributed by atoms with Crippen LogP contribution >= 0.6 is 0 Å². The highest BCUT2D eigenvalue weighted by molar-refractivity contribution is 6.01. The van der Waals surface area contributed by atoms with Gasteiger partial charge in [-0.15, -0.1) is 0 Å².